The van der Waals surface area contributed by atoms with Crippen LogP contribution in [0.25, 0.3) is 27.7 Å². The van der Waals surface area contributed by atoms with E-state index in [-0.39, 0.29) is 11.9 Å². The molecule has 4 aromatic rings. The smallest absolute Gasteiger partial charge is 0.224 e. The molecule has 0 spiro atoms. The fraction of sp³-hybridized carbons (Fsp3) is 0.222. The average Bonchev–Trinajstić information content (AvgIpc) is 3.66. The molecule has 9 nitrogen and oxygen atoms in total. The van der Waals surface area contributed by atoms with Crippen LogP contribution in [0.5, 0.6) is 0 Å². The quantitative estimate of drug-likeness (QED) is 0.349. The van der Waals surface area contributed by atoms with Gasteiger partial charge in [0, 0.05) is 41.1 Å². The molecule has 4 aromatic heterocycles. The van der Waals surface area contributed by atoms with Gasteiger partial charge < -0.3 is 20.1 Å². The monoisotopic (exact) mass is 479 g/mol. The second-order valence-corrected chi connectivity index (χ2v) is 8.93. The van der Waals surface area contributed by atoms with Crippen LogP contribution in [0.15, 0.2) is 76.7 Å². The van der Waals surface area contributed by atoms with Gasteiger partial charge in [-0.1, -0.05) is 19.4 Å². The normalized spacial score (nSPS) is 16.7. The van der Waals surface area contributed by atoms with E-state index in [1.54, 1.807) is 31.1 Å². The molecule has 0 saturated heterocycles. The van der Waals surface area contributed by atoms with Crippen molar-refractivity contribution in [2.75, 3.05) is 5.32 Å². The Balaban J connectivity index is 1.29. The van der Waals surface area contributed by atoms with Gasteiger partial charge in [-0.05, 0) is 36.6 Å². The summed E-state index contributed by atoms with van der Waals surface area (Å²) in [7, 11) is 0. The second-order valence-electron chi connectivity index (χ2n) is 8.93. The molecule has 2 aliphatic rings. The highest BCUT2D eigenvalue weighted by molar-refractivity contribution is 6.15. The summed E-state index contributed by atoms with van der Waals surface area (Å²) in [6.45, 7) is 2.07. The molecule has 1 atom stereocenters. The number of carbonyl (C=O) groups excluding carboxylic acids is 1. The molecule has 0 fully saturated rings. The Morgan fingerprint density at radius 3 is 2.97 bits per heavy atom. The fourth-order valence-corrected chi connectivity index (χ4v) is 4.55. The highest BCUT2D eigenvalue weighted by Gasteiger charge is 2.30. The first-order chi connectivity index (χ1) is 17.7. The lowest BCUT2D eigenvalue weighted by Crippen LogP contribution is -2.23. The van der Waals surface area contributed by atoms with Crippen LogP contribution in [0.4, 0.5) is 5.69 Å². The van der Waals surface area contributed by atoms with Gasteiger partial charge in [0.2, 0.25) is 5.91 Å². The van der Waals surface area contributed by atoms with Crippen molar-refractivity contribution in [3.8, 4) is 11.1 Å². The number of furan rings is 1. The van der Waals surface area contributed by atoms with Gasteiger partial charge >= 0.3 is 0 Å². The molecule has 1 aliphatic carbocycles. The molecule has 0 radical (unpaired) electrons. The molecule has 3 N–H and O–H groups in total. The van der Waals surface area contributed by atoms with E-state index in [0.717, 1.165) is 63.8 Å². The maximum Gasteiger partial charge on any atom is 0.224 e. The van der Waals surface area contributed by atoms with Crippen molar-refractivity contribution < 1.29 is 9.21 Å². The molecule has 9 heteroatoms. The molecule has 1 unspecified atom stereocenters. The Hall–Kier alpha value is -4.53. The first-order valence-electron chi connectivity index (χ1n) is 12.1. The molecular formula is C27H25N7O2. The predicted octanol–water partition coefficient (Wildman–Crippen LogP) is 4.83. The minimum Gasteiger partial charge on any atom is -0.472 e. The number of H-pyrrole nitrogens is 1. The Bertz CT molecular complexity index is 1530. The molecule has 36 heavy (non-hydrogen) atoms. The van der Waals surface area contributed by atoms with Crippen molar-refractivity contribution in [2.24, 2.45) is 5.10 Å². The average molecular weight is 480 g/mol. The Labute approximate surface area is 207 Å². The summed E-state index contributed by atoms with van der Waals surface area (Å²) in [5.41, 5.74) is 11.2. The summed E-state index contributed by atoms with van der Waals surface area (Å²) in [5, 5.41) is 7.57. The van der Waals surface area contributed by atoms with E-state index in [0.29, 0.717) is 17.9 Å². The van der Waals surface area contributed by atoms with Gasteiger partial charge in [0.25, 0.3) is 0 Å². The molecule has 0 saturated carbocycles. The lowest BCUT2D eigenvalue weighted by molar-refractivity contribution is -0.116. The summed E-state index contributed by atoms with van der Waals surface area (Å²) < 4.78 is 5.25. The third kappa shape index (κ3) is 4.08. The Morgan fingerprint density at radius 2 is 2.11 bits per heavy atom. The zero-order chi connectivity index (χ0) is 24.5. The minimum absolute atomic E-state index is 0.00965. The number of nitrogens with one attached hydrogen (secondary N) is 3. The van der Waals surface area contributed by atoms with Crippen LogP contribution in [-0.4, -0.2) is 37.6 Å². The molecule has 1 aliphatic heterocycles. The van der Waals surface area contributed by atoms with E-state index < -0.39 is 0 Å². The topological polar surface area (TPSA) is 121 Å². The van der Waals surface area contributed by atoms with Crippen LogP contribution >= 0.6 is 0 Å². The van der Waals surface area contributed by atoms with Crippen LogP contribution < -0.4 is 10.7 Å². The number of rotatable bonds is 7. The van der Waals surface area contributed by atoms with Gasteiger partial charge in [-0.3, -0.25) is 14.8 Å². The van der Waals surface area contributed by atoms with E-state index in [9.17, 15) is 4.79 Å². The van der Waals surface area contributed by atoms with Crippen molar-refractivity contribution >= 4 is 33.9 Å². The zero-order valence-corrected chi connectivity index (χ0v) is 19.8. The van der Waals surface area contributed by atoms with E-state index in [1.165, 1.54) is 0 Å². The number of hydrogen-bond acceptors (Lipinski definition) is 7. The van der Waals surface area contributed by atoms with Gasteiger partial charge in [0.15, 0.2) is 5.82 Å². The molecule has 6 rings (SSSR count). The van der Waals surface area contributed by atoms with Gasteiger partial charge in [0.05, 0.1) is 42.2 Å². The maximum atomic E-state index is 12.2. The van der Waals surface area contributed by atoms with Crippen LogP contribution in [0.3, 0.4) is 0 Å². The van der Waals surface area contributed by atoms with Crippen LogP contribution in [0.1, 0.15) is 44.0 Å². The minimum atomic E-state index is 0.00965. The highest BCUT2D eigenvalue weighted by atomic mass is 16.3. The number of carbonyl (C=O) groups is 1. The SMILES string of the molecule is CCCCC(=O)Nc1cncc(C2=CCC3NN=C(c4nc5c(-c6ccoc6)cncc5[nH]4)C3=C2)c1. The number of amides is 1. The Morgan fingerprint density at radius 1 is 1.19 bits per heavy atom. The number of allylic oxidation sites excluding steroid dienone is 2. The number of unbranched alkanes of at least 4 members (excludes halogenated alkanes) is 1. The largest absolute Gasteiger partial charge is 0.472 e. The van der Waals surface area contributed by atoms with Crippen LogP contribution in [0, 0.1) is 0 Å². The van der Waals surface area contributed by atoms with Gasteiger partial charge in [-0.25, -0.2) is 4.98 Å². The summed E-state index contributed by atoms with van der Waals surface area (Å²) in [4.78, 5) is 29.1. The molecule has 0 bridgehead atoms. The van der Waals surface area contributed by atoms with Gasteiger partial charge in [0.1, 0.15) is 11.2 Å². The number of anilines is 1. The first-order valence-corrected chi connectivity index (χ1v) is 12.1. The lowest BCUT2D eigenvalue weighted by atomic mass is 9.90. The number of hydrazone groups is 1. The van der Waals surface area contributed by atoms with E-state index >= 15 is 0 Å². The third-order valence-corrected chi connectivity index (χ3v) is 6.43. The lowest BCUT2D eigenvalue weighted by Gasteiger charge is -2.18. The zero-order valence-electron chi connectivity index (χ0n) is 19.8. The number of pyridine rings is 2. The van der Waals surface area contributed by atoms with Crippen molar-refractivity contribution in [1.82, 2.24) is 25.4 Å². The maximum absolute atomic E-state index is 12.2. The molecule has 0 aromatic carbocycles. The summed E-state index contributed by atoms with van der Waals surface area (Å²) in [6.07, 6.45) is 17.8. The summed E-state index contributed by atoms with van der Waals surface area (Å²) >= 11 is 0. The van der Waals surface area contributed by atoms with Crippen LogP contribution in [0.2, 0.25) is 0 Å². The molecule has 1 amide bonds. The van der Waals surface area contributed by atoms with Gasteiger partial charge in [-0.2, -0.15) is 5.10 Å². The highest BCUT2D eigenvalue weighted by Crippen LogP contribution is 2.32. The van der Waals surface area contributed by atoms with E-state index in [4.69, 9.17) is 9.40 Å². The molecule has 180 valence electrons. The third-order valence-electron chi connectivity index (χ3n) is 6.43. The number of hydrogen-bond donors (Lipinski definition) is 3. The predicted molar refractivity (Wildman–Crippen MR) is 138 cm³/mol. The van der Waals surface area contributed by atoms with E-state index in [1.807, 2.05) is 18.3 Å². The fourth-order valence-electron chi connectivity index (χ4n) is 4.55. The van der Waals surface area contributed by atoms with Crippen molar-refractivity contribution in [2.45, 2.75) is 38.6 Å². The number of nitrogens with zero attached hydrogens (tertiary/aromatic N) is 4. The van der Waals surface area contributed by atoms with Gasteiger partial charge in [-0.15, -0.1) is 0 Å². The van der Waals surface area contributed by atoms with Crippen molar-refractivity contribution in [3.05, 3.63) is 78.6 Å². The first kappa shape index (κ1) is 22.0. The number of aromatic nitrogens is 4. The summed E-state index contributed by atoms with van der Waals surface area (Å²) in [5.74, 6) is 0.690. The number of imidazole rings is 1. The van der Waals surface area contributed by atoms with Crippen LogP contribution in [-0.2, 0) is 4.79 Å². The van der Waals surface area contributed by atoms with E-state index in [2.05, 4.69) is 49.9 Å². The Kier molecular flexibility index (Phi) is 5.65. The molecular weight excluding hydrogens is 454 g/mol. The molecule has 5 heterocycles. The van der Waals surface area contributed by atoms with Crippen molar-refractivity contribution in [1.29, 1.82) is 0 Å². The number of fused-ring (bicyclic) bond motifs is 2. The second kappa shape index (κ2) is 9.26. The number of aromatic amines is 1. The summed E-state index contributed by atoms with van der Waals surface area (Å²) in [6, 6.07) is 3.93. The standard InChI is InChI=1S/C27H25N7O2/c1-2-3-4-24(35)30-19-9-18(11-28-12-19)16-5-6-22-20(10-16)26(34-33-22)27-31-23-14-29-13-21(25(23)32-27)17-7-8-36-15-17/h5,7-15,22,33H,2-4,6H2,1H3,(H,30,35)(H,31,32). The van der Waals surface area contributed by atoms with Crippen molar-refractivity contribution in [3.63, 3.8) is 0 Å².